The molecule has 0 radical (unpaired) electrons. The minimum Gasteiger partial charge on any atom is -0.324 e. The highest BCUT2D eigenvalue weighted by Crippen LogP contribution is 2.37. The fourth-order valence-corrected chi connectivity index (χ4v) is 6.37. The van der Waals surface area contributed by atoms with Crippen LogP contribution in [0.3, 0.4) is 0 Å². The number of aromatic nitrogens is 2. The number of hydrogen-bond donors (Lipinski definition) is 1. The van der Waals surface area contributed by atoms with E-state index in [9.17, 15) is 9.59 Å². The maximum atomic E-state index is 14.1. The summed E-state index contributed by atoms with van der Waals surface area (Å²) in [5, 5.41) is 4.11. The highest BCUT2D eigenvalue weighted by molar-refractivity contribution is 8.00. The Kier molecular flexibility index (Phi) is 7.40. The summed E-state index contributed by atoms with van der Waals surface area (Å²) in [5.41, 5.74) is 2.79. The number of aryl methyl sites for hydroxylation is 1. The van der Waals surface area contributed by atoms with Crippen molar-refractivity contribution in [2.24, 2.45) is 0 Å². The van der Waals surface area contributed by atoms with Crippen molar-refractivity contribution < 1.29 is 4.79 Å². The first kappa shape index (κ1) is 25.5. The maximum absolute atomic E-state index is 14.1. The van der Waals surface area contributed by atoms with Crippen LogP contribution in [-0.4, -0.2) is 20.7 Å². The average molecular weight is 567 g/mol. The Bertz CT molecular complexity index is 1670. The van der Waals surface area contributed by atoms with Crippen molar-refractivity contribution in [1.82, 2.24) is 9.55 Å². The van der Waals surface area contributed by atoms with Gasteiger partial charge in [0, 0.05) is 15.5 Å². The summed E-state index contributed by atoms with van der Waals surface area (Å²) in [6, 6.07) is 24.1. The molecule has 1 atom stereocenters. The lowest BCUT2D eigenvalue weighted by molar-refractivity contribution is -0.115. The molecule has 0 saturated heterocycles. The van der Waals surface area contributed by atoms with Gasteiger partial charge in [0.25, 0.3) is 5.56 Å². The second kappa shape index (κ2) is 10.7. The number of para-hydroxylation sites is 1. The highest BCUT2D eigenvalue weighted by Gasteiger charge is 2.24. The molecular weight excluding hydrogens is 545 g/mol. The third kappa shape index (κ3) is 5.18. The van der Waals surface area contributed by atoms with Crippen molar-refractivity contribution in [1.29, 1.82) is 0 Å². The summed E-state index contributed by atoms with van der Waals surface area (Å²) < 4.78 is 1.59. The summed E-state index contributed by atoms with van der Waals surface area (Å²) >= 11 is 15.0. The number of thiophene rings is 1. The van der Waals surface area contributed by atoms with Gasteiger partial charge in [-0.1, -0.05) is 83.5 Å². The van der Waals surface area contributed by atoms with Gasteiger partial charge in [0.1, 0.15) is 4.83 Å². The number of thioether (sulfide) groups is 1. The topological polar surface area (TPSA) is 64.0 Å². The number of carbonyl (C=O) groups is 1. The number of nitrogens with zero attached hydrogens (tertiary/aromatic N) is 2. The van der Waals surface area contributed by atoms with Crippen molar-refractivity contribution in [3.8, 4) is 16.8 Å². The van der Waals surface area contributed by atoms with Crippen molar-refractivity contribution in [2.45, 2.75) is 24.3 Å². The van der Waals surface area contributed by atoms with Gasteiger partial charge in [-0.15, -0.1) is 11.3 Å². The zero-order valence-corrected chi connectivity index (χ0v) is 23.0. The molecule has 1 N–H and O–H groups in total. The SMILES string of the molecule is Cc1sc2nc(SC(C)C(=O)Nc3cc(Cl)ccc3Cl)n(-c3ccccc3)c(=O)c2c1-c1ccccc1. The minimum absolute atomic E-state index is 0.174. The van der Waals surface area contributed by atoms with Crippen molar-refractivity contribution in [3.63, 3.8) is 0 Å². The number of fused-ring (bicyclic) bond motifs is 1. The van der Waals surface area contributed by atoms with E-state index in [1.807, 2.05) is 67.6 Å². The van der Waals surface area contributed by atoms with E-state index < -0.39 is 5.25 Å². The van der Waals surface area contributed by atoms with Crippen LogP contribution in [0.15, 0.2) is 88.8 Å². The fraction of sp³-hybridized carbons (Fsp3) is 0.107. The molecule has 0 fully saturated rings. The number of carbonyl (C=O) groups excluding carboxylic acids is 1. The monoisotopic (exact) mass is 565 g/mol. The van der Waals surface area contributed by atoms with E-state index in [2.05, 4.69) is 5.32 Å². The van der Waals surface area contributed by atoms with Crippen LogP contribution >= 0.6 is 46.3 Å². The van der Waals surface area contributed by atoms with Gasteiger partial charge >= 0.3 is 0 Å². The van der Waals surface area contributed by atoms with E-state index in [1.165, 1.54) is 23.1 Å². The van der Waals surface area contributed by atoms with Crippen LogP contribution < -0.4 is 10.9 Å². The molecule has 2 heterocycles. The first-order chi connectivity index (χ1) is 17.8. The van der Waals surface area contributed by atoms with E-state index in [1.54, 1.807) is 29.7 Å². The van der Waals surface area contributed by atoms with E-state index in [0.29, 0.717) is 36.8 Å². The summed E-state index contributed by atoms with van der Waals surface area (Å²) in [4.78, 5) is 33.7. The predicted octanol–water partition coefficient (Wildman–Crippen LogP) is 7.85. The zero-order valence-electron chi connectivity index (χ0n) is 19.9. The number of nitrogens with one attached hydrogen (secondary N) is 1. The summed E-state index contributed by atoms with van der Waals surface area (Å²) in [6.07, 6.45) is 0. The van der Waals surface area contributed by atoms with E-state index in [0.717, 1.165) is 16.0 Å². The molecule has 0 bridgehead atoms. The first-order valence-corrected chi connectivity index (χ1v) is 13.9. The number of rotatable bonds is 6. The number of halogens is 2. The lowest BCUT2D eigenvalue weighted by Crippen LogP contribution is -2.26. The largest absolute Gasteiger partial charge is 0.324 e. The number of hydrogen-bond acceptors (Lipinski definition) is 5. The number of amides is 1. The zero-order chi connectivity index (χ0) is 26.1. The molecule has 2 aromatic heterocycles. The molecule has 37 heavy (non-hydrogen) atoms. The smallest absolute Gasteiger partial charge is 0.268 e. The Morgan fingerprint density at radius 1 is 1.03 bits per heavy atom. The van der Waals surface area contributed by atoms with Gasteiger partial charge in [0.15, 0.2) is 5.16 Å². The molecule has 1 amide bonds. The number of anilines is 1. The molecule has 186 valence electrons. The van der Waals surface area contributed by atoms with Gasteiger partial charge in [-0.05, 0) is 49.7 Å². The third-order valence-corrected chi connectivity index (χ3v) is 8.40. The Balaban J connectivity index is 1.60. The summed E-state index contributed by atoms with van der Waals surface area (Å²) in [5.74, 6) is -0.282. The molecule has 9 heteroatoms. The molecule has 5 rings (SSSR count). The van der Waals surface area contributed by atoms with Crippen molar-refractivity contribution >= 4 is 68.1 Å². The lowest BCUT2D eigenvalue weighted by atomic mass is 10.0. The van der Waals surface area contributed by atoms with Crippen LogP contribution in [0.25, 0.3) is 27.0 Å². The molecule has 0 aliphatic heterocycles. The first-order valence-electron chi connectivity index (χ1n) is 11.4. The quantitative estimate of drug-likeness (QED) is 0.168. The average Bonchev–Trinajstić information content (AvgIpc) is 3.23. The molecule has 0 spiro atoms. The van der Waals surface area contributed by atoms with Crippen LogP contribution in [0.1, 0.15) is 11.8 Å². The van der Waals surface area contributed by atoms with E-state index in [4.69, 9.17) is 28.2 Å². The van der Waals surface area contributed by atoms with Crippen LogP contribution in [-0.2, 0) is 4.79 Å². The molecule has 5 nitrogen and oxygen atoms in total. The second-order valence-electron chi connectivity index (χ2n) is 8.32. The van der Waals surface area contributed by atoms with Gasteiger partial charge in [0.05, 0.1) is 27.0 Å². The van der Waals surface area contributed by atoms with Gasteiger partial charge in [-0.2, -0.15) is 0 Å². The van der Waals surface area contributed by atoms with Crippen molar-refractivity contribution in [3.05, 3.63) is 104 Å². The van der Waals surface area contributed by atoms with Crippen LogP contribution in [0.4, 0.5) is 5.69 Å². The van der Waals surface area contributed by atoms with Gasteiger partial charge in [-0.25, -0.2) is 4.98 Å². The minimum atomic E-state index is -0.580. The van der Waals surface area contributed by atoms with E-state index in [-0.39, 0.29) is 11.5 Å². The predicted molar refractivity (Wildman–Crippen MR) is 156 cm³/mol. The van der Waals surface area contributed by atoms with Crippen LogP contribution in [0, 0.1) is 6.92 Å². The van der Waals surface area contributed by atoms with Crippen LogP contribution in [0.5, 0.6) is 0 Å². The van der Waals surface area contributed by atoms with Gasteiger partial charge in [-0.3, -0.25) is 14.2 Å². The summed E-state index contributed by atoms with van der Waals surface area (Å²) in [7, 11) is 0. The Labute approximate surface area is 232 Å². The highest BCUT2D eigenvalue weighted by atomic mass is 35.5. The fourth-order valence-electron chi connectivity index (χ4n) is 4.02. The molecule has 0 aliphatic rings. The normalized spacial score (nSPS) is 12.0. The third-order valence-electron chi connectivity index (χ3n) is 5.79. The molecule has 0 saturated carbocycles. The van der Waals surface area contributed by atoms with Crippen molar-refractivity contribution in [2.75, 3.05) is 5.32 Å². The molecule has 5 aromatic rings. The molecule has 1 unspecified atom stereocenters. The maximum Gasteiger partial charge on any atom is 0.268 e. The number of benzene rings is 3. The van der Waals surface area contributed by atoms with Gasteiger partial charge < -0.3 is 5.32 Å². The molecule has 3 aromatic carbocycles. The Morgan fingerprint density at radius 2 is 1.70 bits per heavy atom. The van der Waals surface area contributed by atoms with Crippen LogP contribution in [0.2, 0.25) is 10.0 Å². The standard InChI is InChI=1S/C28H21Cl2N3O2S2/c1-16-23(18-9-5-3-6-10-18)24-26(36-16)32-28(33(27(24)35)20-11-7-4-8-12-20)37-17(2)25(34)31-22-15-19(29)13-14-21(22)30/h3-15,17H,1-2H3,(H,31,34). The summed E-state index contributed by atoms with van der Waals surface area (Å²) in [6.45, 7) is 3.76. The lowest BCUT2D eigenvalue weighted by Gasteiger charge is -2.16. The Morgan fingerprint density at radius 3 is 2.41 bits per heavy atom. The van der Waals surface area contributed by atoms with Gasteiger partial charge in [0.2, 0.25) is 5.91 Å². The molecule has 0 aliphatic carbocycles. The van der Waals surface area contributed by atoms with E-state index >= 15 is 0 Å². The molecular formula is C28H21Cl2N3O2S2. The Hall–Kier alpha value is -3.10. The second-order valence-corrected chi connectivity index (χ2v) is 11.7.